The normalized spacial score (nSPS) is 22.4. The number of carbonyl (C=O) groups excluding carboxylic acids is 2. The van der Waals surface area contributed by atoms with Gasteiger partial charge in [-0.25, -0.2) is 4.79 Å². The molecular formula is C12H22N2O4S. The number of hydrogen-bond donors (Lipinski definition) is 2. The fourth-order valence-corrected chi connectivity index (χ4v) is 2.94. The van der Waals surface area contributed by atoms with Gasteiger partial charge in [0.15, 0.2) is 5.54 Å². The van der Waals surface area contributed by atoms with E-state index in [9.17, 15) is 9.59 Å². The number of carbonyl (C=O) groups is 2. The Morgan fingerprint density at radius 1 is 1.47 bits per heavy atom. The van der Waals surface area contributed by atoms with Gasteiger partial charge in [0.05, 0.1) is 13.7 Å². The number of methoxy groups -OCH3 is 2. The zero-order valence-electron chi connectivity index (χ0n) is 11.7. The molecule has 110 valence electrons. The highest BCUT2D eigenvalue weighted by atomic mass is 32.2. The van der Waals surface area contributed by atoms with Crippen molar-refractivity contribution in [1.29, 1.82) is 0 Å². The van der Waals surface area contributed by atoms with Crippen molar-refractivity contribution in [2.24, 2.45) is 0 Å². The molecule has 0 spiro atoms. The van der Waals surface area contributed by atoms with E-state index in [1.54, 1.807) is 6.92 Å². The van der Waals surface area contributed by atoms with Crippen LogP contribution in [0.1, 0.15) is 13.3 Å². The van der Waals surface area contributed by atoms with Crippen molar-refractivity contribution in [2.45, 2.75) is 24.9 Å². The zero-order valence-corrected chi connectivity index (χ0v) is 12.5. The molecule has 1 aliphatic heterocycles. The molecule has 2 unspecified atom stereocenters. The largest absolute Gasteiger partial charge is 0.467 e. The molecule has 1 fully saturated rings. The van der Waals surface area contributed by atoms with E-state index in [2.05, 4.69) is 10.6 Å². The lowest BCUT2D eigenvalue weighted by Crippen LogP contribution is -2.57. The summed E-state index contributed by atoms with van der Waals surface area (Å²) in [6, 6.07) is 0.156. The lowest BCUT2D eigenvalue weighted by molar-refractivity contribution is -0.152. The van der Waals surface area contributed by atoms with Crippen LogP contribution in [0.5, 0.6) is 0 Å². The van der Waals surface area contributed by atoms with Gasteiger partial charge in [-0.3, -0.25) is 4.79 Å². The summed E-state index contributed by atoms with van der Waals surface area (Å²) in [6.07, 6.45) is 0.350. The summed E-state index contributed by atoms with van der Waals surface area (Å²) < 4.78 is 9.69. The van der Waals surface area contributed by atoms with Gasteiger partial charge in [-0.1, -0.05) is 0 Å². The lowest BCUT2D eigenvalue weighted by Gasteiger charge is -2.29. The predicted octanol–water partition coefficient (Wildman–Crippen LogP) is -0.224. The minimum Gasteiger partial charge on any atom is -0.467 e. The van der Waals surface area contributed by atoms with Crippen LogP contribution in [0.15, 0.2) is 0 Å². The summed E-state index contributed by atoms with van der Waals surface area (Å²) in [5.74, 6) is 1.30. The smallest absolute Gasteiger partial charge is 0.333 e. The van der Waals surface area contributed by atoms with E-state index >= 15 is 0 Å². The van der Waals surface area contributed by atoms with E-state index in [1.807, 2.05) is 11.8 Å². The van der Waals surface area contributed by atoms with E-state index in [1.165, 1.54) is 14.2 Å². The average molecular weight is 290 g/mol. The first-order valence-corrected chi connectivity index (χ1v) is 7.37. The monoisotopic (exact) mass is 290 g/mol. The molecule has 0 bridgehead atoms. The Labute approximate surface area is 118 Å². The number of ether oxygens (including phenoxy) is 2. The number of nitrogens with one attached hydrogen (secondary N) is 2. The Bertz CT molecular complexity index is 321. The van der Waals surface area contributed by atoms with Crippen LogP contribution in [-0.4, -0.2) is 62.3 Å². The second-order valence-electron chi connectivity index (χ2n) is 4.73. The fraction of sp³-hybridized carbons (Fsp3) is 0.833. The molecule has 1 aliphatic rings. The molecule has 0 aliphatic carbocycles. The lowest BCUT2D eigenvalue weighted by atomic mass is 10.0. The molecular weight excluding hydrogens is 268 g/mol. The maximum atomic E-state index is 12.0. The van der Waals surface area contributed by atoms with Crippen molar-refractivity contribution >= 4 is 23.6 Å². The molecule has 0 aromatic heterocycles. The Kier molecular flexibility index (Phi) is 6.60. The average Bonchev–Trinajstić information content (AvgIpc) is 2.38. The van der Waals surface area contributed by atoms with E-state index in [-0.39, 0.29) is 18.6 Å². The maximum absolute atomic E-state index is 12.0. The summed E-state index contributed by atoms with van der Waals surface area (Å²) >= 11 is 1.83. The Morgan fingerprint density at radius 3 is 2.74 bits per heavy atom. The summed E-state index contributed by atoms with van der Waals surface area (Å²) in [5.41, 5.74) is -1.14. The quantitative estimate of drug-likeness (QED) is 0.659. The molecule has 2 N–H and O–H groups in total. The molecule has 1 rings (SSSR count). The molecule has 0 aromatic rings. The van der Waals surface area contributed by atoms with Crippen molar-refractivity contribution in [3.63, 3.8) is 0 Å². The van der Waals surface area contributed by atoms with E-state index < -0.39 is 11.5 Å². The number of esters is 1. The van der Waals surface area contributed by atoms with Gasteiger partial charge in [0.25, 0.3) is 0 Å². The molecule has 0 saturated carbocycles. The first kappa shape index (κ1) is 16.3. The minimum atomic E-state index is -1.14. The first-order chi connectivity index (χ1) is 9.01. The maximum Gasteiger partial charge on any atom is 0.333 e. The zero-order chi connectivity index (χ0) is 14.3. The van der Waals surface area contributed by atoms with Crippen molar-refractivity contribution < 1.29 is 19.1 Å². The van der Waals surface area contributed by atoms with Crippen molar-refractivity contribution in [3.8, 4) is 0 Å². The molecule has 2 atom stereocenters. The van der Waals surface area contributed by atoms with Crippen LogP contribution in [0.25, 0.3) is 0 Å². The van der Waals surface area contributed by atoms with Gasteiger partial charge in [0.1, 0.15) is 0 Å². The van der Waals surface area contributed by atoms with Crippen LogP contribution >= 0.6 is 11.8 Å². The second-order valence-corrected chi connectivity index (χ2v) is 5.88. The molecule has 1 heterocycles. The number of thioether (sulfide) groups is 1. The summed E-state index contributed by atoms with van der Waals surface area (Å²) in [7, 11) is 2.77. The Hall–Kier alpha value is -0.790. The van der Waals surface area contributed by atoms with Crippen molar-refractivity contribution in [2.75, 3.05) is 38.9 Å². The third kappa shape index (κ3) is 5.00. The Balaban J connectivity index is 2.53. The van der Waals surface area contributed by atoms with E-state index in [0.29, 0.717) is 6.42 Å². The molecule has 0 aromatic carbocycles. The second kappa shape index (κ2) is 7.72. The van der Waals surface area contributed by atoms with E-state index in [0.717, 1.165) is 18.1 Å². The van der Waals surface area contributed by atoms with Gasteiger partial charge in [0, 0.05) is 37.6 Å². The number of rotatable bonds is 6. The highest BCUT2D eigenvalue weighted by molar-refractivity contribution is 7.99. The summed E-state index contributed by atoms with van der Waals surface area (Å²) in [5, 5.41) is 5.99. The molecule has 7 heteroatoms. The SMILES string of the molecule is COCC(C)(NC(=O)CC1CSCCN1)C(=O)OC. The standard InChI is InChI=1S/C12H22N2O4S/c1-12(8-17-2,11(16)18-3)14-10(15)6-9-7-19-5-4-13-9/h9,13H,4-8H2,1-3H3,(H,14,15). The molecule has 1 amide bonds. The third-order valence-corrected chi connectivity index (χ3v) is 4.05. The van der Waals surface area contributed by atoms with Crippen LogP contribution in [0.4, 0.5) is 0 Å². The molecule has 1 saturated heterocycles. The van der Waals surface area contributed by atoms with Crippen molar-refractivity contribution in [1.82, 2.24) is 10.6 Å². The number of hydrogen-bond acceptors (Lipinski definition) is 6. The minimum absolute atomic E-state index is 0.0816. The van der Waals surface area contributed by atoms with Gasteiger partial charge in [-0.05, 0) is 6.92 Å². The topological polar surface area (TPSA) is 76.7 Å². The third-order valence-electron chi connectivity index (χ3n) is 2.91. The van der Waals surface area contributed by atoms with E-state index in [4.69, 9.17) is 9.47 Å². The van der Waals surface area contributed by atoms with Crippen LogP contribution in [-0.2, 0) is 19.1 Å². The highest BCUT2D eigenvalue weighted by Gasteiger charge is 2.36. The fourth-order valence-electron chi connectivity index (χ4n) is 1.99. The van der Waals surface area contributed by atoms with Gasteiger partial charge in [-0.15, -0.1) is 0 Å². The first-order valence-electron chi connectivity index (χ1n) is 6.21. The van der Waals surface area contributed by atoms with Crippen LogP contribution in [0.3, 0.4) is 0 Å². The van der Waals surface area contributed by atoms with Gasteiger partial charge < -0.3 is 20.1 Å². The summed E-state index contributed by atoms with van der Waals surface area (Å²) in [6.45, 7) is 2.59. The van der Waals surface area contributed by atoms with Gasteiger partial charge >= 0.3 is 5.97 Å². The predicted molar refractivity (Wildman–Crippen MR) is 74.2 cm³/mol. The van der Waals surface area contributed by atoms with Crippen LogP contribution in [0.2, 0.25) is 0 Å². The van der Waals surface area contributed by atoms with Crippen LogP contribution in [0, 0.1) is 0 Å². The van der Waals surface area contributed by atoms with Crippen LogP contribution < -0.4 is 10.6 Å². The molecule has 6 nitrogen and oxygen atoms in total. The molecule has 19 heavy (non-hydrogen) atoms. The highest BCUT2D eigenvalue weighted by Crippen LogP contribution is 2.12. The molecule has 0 radical (unpaired) electrons. The van der Waals surface area contributed by atoms with Crippen molar-refractivity contribution in [3.05, 3.63) is 0 Å². The summed E-state index contributed by atoms with van der Waals surface area (Å²) in [4.78, 5) is 23.7. The number of amides is 1. The van der Waals surface area contributed by atoms with Gasteiger partial charge in [-0.2, -0.15) is 11.8 Å². The van der Waals surface area contributed by atoms with Gasteiger partial charge in [0.2, 0.25) is 5.91 Å². The Morgan fingerprint density at radius 2 is 2.21 bits per heavy atom.